The van der Waals surface area contributed by atoms with Gasteiger partial charge in [-0.25, -0.2) is 5.43 Å². The van der Waals surface area contributed by atoms with Crippen molar-refractivity contribution < 1.29 is 23.9 Å². The summed E-state index contributed by atoms with van der Waals surface area (Å²) < 4.78 is 11.0. The Labute approximate surface area is 209 Å². The lowest BCUT2D eigenvalue weighted by Gasteiger charge is -2.08. The van der Waals surface area contributed by atoms with E-state index in [2.05, 4.69) is 21.2 Å². The van der Waals surface area contributed by atoms with Gasteiger partial charge in [-0.2, -0.15) is 5.10 Å². The molecule has 0 bridgehead atoms. The molecule has 0 fully saturated rings. The lowest BCUT2D eigenvalue weighted by molar-refractivity contribution is -0.136. The Bertz CT molecular complexity index is 1160. The Hall–Kier alpha value is -4.66. The van der Waals surface area contributed by atoms with Gasteiger partial charge in [-0.15, -0.1) is 0 Å². The Balaban J connectivity index is 1.38. The van der Waals surface area contributed by atoms with Gasteiger partial charge in [0.05, 0.1) is 12.8 Å². The summed E-state index contributed by atoms with van der Waals surface area (Å²) in [4.78, 5) is 36.0. The van der Waals surface area contributed by atoms with Crippen molar-refractivity contribution in [2.75, 3.05) is 18.5 Å². The summed E-state index contributed by atoms with van der Waals surface area (Å²) in [5, 5.41) is 9.08. The minimum Gasteiger partial charge on any atom is -0.494 e. The van der Waals surface area contributed by atoms with Gasteiger partial charge in [0.25, 0.3) is 5.91 Å². The second kappa shape index (κ2) is 13.9. The van der Waals surface area contributed by atoms with Crippen molar-refractivity contribution in [1.29, 1.82) is 0 Å². The smallest absolute Gasteiger partial charge is 0.329 e. The second-order valence-electron chi connectivity index (χ2n) is 7.65. The van der Waals surface area contributed by atoms with Crippen LogP contribution in [0, 0.1) is 0 Å². The normalized spacial score (nSPS) is 10.5. The lowest BCUT2D eigenvalue weighted by Crippen LogP contribution is -2.32. The van der Waals surface area contributed by atoms with Crippen molar-refractivity contribution in [3.8, 4) is 11.5 Å². The lowest BCUT2D eigenvalue weighted by atomic mass is 10.2. The van der Waals surface area contributed by atoms with E-state index in [9.17, 15) is 14.4 Å². The van der Waals surface area contributed by atoms with Crippen LogP contribution in [0.15, 0.2) is 84.0 Å². The number of nitrogens with one attached hydrogen (secondary N) is 3. The van der Waals surface area contributed by atoms with E-state index in [0.717, 1.165) is 12.0 Å². The summed E-state index contributed by atoms with van der Waals surface area (Å²) in [6, 6.07) is 23.1. The molecule has 3 amide bonds. The predicted molar refractivity (Wildman–Crippen MR) is 137 cm³/mol. The van der Waals surface area contributed by atoms with Crippen LogP contribution >= 0.6 is 0 Å². The largest absolute Gasteiger partial charge is 0.494 e. The number of ether oxygens (including phenoxy) is 2. The average Bonchev–Trinajstić information content (AvgIpc) is 2.91. The molecule has 36 heavy (non-hydrogen) atoms. The second-order valence-corrected chi connectivity index (χ2v) is 7.65. The van der Waals surface area contributed by atoms with Gasteiger partial charge in [-0.3, -0.25) is 14.4 Å². The van der Waals surface area contributed by atoms with Crippen LogP contribution in [0.25, 0.3) is 0 Å². The molecule has 3 aromatic carbocycles. The van der Waals surface area contributed by atoms with E-state index in [-0.39, 0.29) is 12.5 Å². The van der Waals surface area contributed by atoms with E-state index in [4.69, 9.17) is 9.47 Å². The molecule has 0 radical (unpaired) electrons. The number of nitrogens with zero attached hydrogens (tertiary/aromatic N) is 1. The van der Waals surface area contributed by atoms with Crippen LogP contribution in [-0.2, 0) is 20.9 Å². The van der Waals surface area contributed by atoms with Crippen molar-refractivity contribution in [1.82, 2.24) is 10.7 Å². The van der Waals surface area contributed by atoms with Gasteiger partial charge in [0.1, 0.15) is 11.5 Å². The number of hydrogen-bond acceptors (Lipinski definition) is 6. The zero-order valence-corrected chi connectivity index (χ0v) is 19.9. The molecule has 0 spiro atoms. The maximum absolute atomic E-state index is 12.0. The number of carbonyl (C=O) groups excluding carboxylic acids is 3. The predicted octanol–water partition coefficient (Wildman–Crippen LogP) is 3.26. The summed E-state index contributed by atoms with van der Waals surface area (Å²) in [6.07, 6.45) is 2.28. The van der Waals surface area contributed by atoms with Crippen molar-refractivity contribution in [2.24, 2.45) is 5.10 Å². The monoisotopic (exact) mass is 488 g/mol. The Morgan fingerprint density at radius 1 is 0.833 bits per heavy atom. The number of amides is 3. The summed E-state index contributed by atoms with van der Waals surface area (Å²) in [5.74, 6) is -0.780. The average molecular weight is 489 g/mol. The van der Waals surface area contributed by atoms with Gasteiger partial charge in [-0.05, 0) is 66.1 Å². The van der Waals surface area contributed by atoms with Crippen LogP contribution in [0.4, 0.5) is 5.69 Å². The Morgan fingerprint density at radius 3 is 2.19 bits per heavy atom. The maximum Gasteiger partial charge on any atom is 0.329 e. The van der Waals surface area contributed by atoms with Crippen molar-refractivity contribution in [2.45, 2.75) is 19.9 Å². The fraction of sp³-hybridized carbons (Fsp3) is 0.185. The first-order valence-electron chi connectivity index (χ1n) is 11.4. The highest BCUT2D eigenvalue weighted by molar-refractivity contribution is 6.39. The van der Waals surface area contributed by atoms with E-state index in [1.165, 1.54) is 6.21 Å². The molecular formula is C27H28N4O5. The first-order chi connectivity index (χ1) is 17.5. The van der Waals surface area contributed by atoms with E-state index in [0.29, 0.717) is 35.9 Å². The van der Waals surface area contributed by atoms with Crippen LogP contribution in [0.3, 0.4) is 0 Å². The number of rotatable bonds is 11. The molecule has 9 heteroatoms. The molecule has 3 rings (SSSR count). The van der Waals surface area contributed by atoms with E-state index >= 15 is 0 Å². The molecule has 3 N–H and O–H groups in total. The van der Waals surface area contributed by atoms with Gasteiger partial charge in [-0.1, -0.05) is 37.3 Å². The number of hydrogen-bond donors (Lipinski definition) is 3. The molecule has 0 saturated carbocycles. The fourth-order valence-corrected chi connectivity index (χ4v) is 2.91. The third kappa shape index (κ3) is 8.94. The zero-order chi connectivity index (χ0) is 25.6. The highest BCUT2D eigenvalue weighted by Gasteiger charge is 2.12. The number of hydrazone groups is 1. The molecule has 0 atom stereocenters. The van der Waals surface area contributed by atoms with Crippen molar-refractivity contribution in [3.63, 3.8) is 0 Å². The van der Waals surface area contributed by atoms with Crippen LogP contribution < -0.4 is 25.5 Å². The zero-order valence-electron chi connectivity index (χ0n) is 19.9. The molecule has 186 valence electrons. The third-order valence-electron chi connectivity index (χ3n) is 4.75. The molecule has 0 aliphatic rings. The highest BCUT2D eigenvalue weighted by Crippen LogP contribution is 2.16. The summed E-state index contributed by atoms with van der Waals surface area (Å²) >= 11 is 0. The first kappa shape index (κ1) is 26.0. The van der Waals surface area contributed by atoms with Crippen LogP contribution in [0.2, 0.25) is 0 Å². The molecule has 3 aromatic rings. The Morgan fingerprint density at radius 2 is 1.50 bits per heavy atom. The highest BCUT2D eigenvalue weighted by atomic mass is 16.5. The molecular weight excluding hydrogens is 460 g/mol. The van der Waals surface area contributed by atoms with Gasteiger partial charge >= 0.3 is 11.8 Å². The molecule has 0 aromatic heterocycles. The summed E-state index contributed by atoms with van der Waals surface area (Å²) in [7, 11) is 0. The van der Waals surface area contributed by atoms with Crippen LogP contribution in [-0.4, -0.2) is 37.1 Å². The molecule has 0 heterocycles. The van der Waals surface area contributed by atoms with Crippen LogP contribution in [0.1, 0.15) is 24.5 Å². The van der Waals surface area contributed by atoms with Gasteiger partial charge in [0.2, 0.25) is 0 Å². The standard InChI is InChI=1S/C27H28N4O5/c1-2-16-35-23-14-10-22(11-15-23)30-26(33)27(34)31-29-18-21-8-12-24(13-9-21)36-19-25(32)28-17-20-6-4-3-5-7-20/h3-15,18H,2,16-17,19H2,1H3,(H,28,32)(H,30,33)(H,31,34)/b29-18-. The SMILES string of the molecule is CCCOc1ccc(NC(=O)C(=O)N/N=C\c2ccc(OCC(=O)NCc3ccccc3)cc2)cc1. The van der Waals surface area contributed by atoms with Crippen LogP contribution in [0.5, 0.6) is 11.5 Å². The maximum atomic E-state index is 12.0. The first-order valence-corrected chi connectivity index (χ1v) is 11.4. The number of carbonyl (C=O) groups is 3. The number of anilines is 1. The van der Waals surface area contributed by atoms with Crippen molar-refractivity contribution >= 4 is 29.6 Å². The minimum atomic E-state index is -0.904. The molecule has 0 unspecified atom stereocenters. The quantitative estimate of drug-likeness (QED) is 0.218. The fourth-order valence-electron chi connectivity index (χ4n) is 2.91. The molecule has 0 aliphatic carbocycles. The molecule has 9 nitrogen and oxygen atoms in total. The Kier molecular flexibility index (Phi) is 10.0. The minimum absolute atomic E-state index is 0.111. The van der Waals surface area contributed by atoms with Gasteiger partial charge in [0.15, 0.2) is 6.61 Å². The number of benzene rings is 3. The van der Waals surface area contributed by atoms with E-state index in [1.54, 1.807) is 48.5 Å². The van der Waals surface area contributed by atoms with E-state index in [1.807, 2.05) is 37.3 Å². The summed E-state index contributed by atoms with van der Waals surface area (Å²) in [6.45, 7) is 2.94. The molecule has 0 saturated heterocycles. The summed E-state index contributed by atoms with van der Waals surface area (Å²) in [5.41, 5.74) is 4.32. The topological polar surface area (TPSA) is 118 Å². The van der Waals surface area contributed by atoms with Gasteiger partial charge in [0, 0.05) is 12.2 Å². The van der Waals surface area contributed by atoms with Gasteiger partial charge < -0.3 is 20.1 Å². The van der Waals surface area contributed by atoms with Crippen molar-refractivity contribution in [3.05, 3.63) is 90.0 Å². The molecule has 0 aliphatic heterocycles. The third-order valence-corrected chi connectivity index (χ3v) is 4.75. The van der Waals surface area contributed by atoms with E-state index < -0.39 is 11.8 Å².